The first-order valence-corrected chi connectivity index (χ1v) is 6.68. The minimum atomic E-state index is 0.338. The summed E-state index contributed by atoms with van der Waals surface area (Å²) in [4.78, 5) is 4.44. The molecule has 0 amide bonds. The standard InChI is InChI=1S/C12H18N4S/c1-9(10(2)16-6-4-5-14-16)13-7-12-8-17-11(3)15-12/h4-6,8-10,13H,7H2,1-3H3/t9-,10-/m1/s1. The summed E-state index contributed by atoms with van der Waals surface area (Å²) >= 11 is 1.69. The van der Waals surface area contributed by atoms with Crippen LogP contribution in [0, 0.1) is 6.92 Å². The van der Waals surface area contributed by atoms with Gasteiger partial charge in [-0.1, -0.05) is 0 Å². The summed E-state index contributed by atoms with van der Waals surface area (Å²) in [6.45, 7) is 7.18. The van der Waals surface area contributed by atoms with Crippen LogP contribution in [0.3, 0.4) is 0 Å². The van der Waals surface area contributed by atoms with Crippen molar-refractivity contribution in [1.29, 1.82) is 0 Å². The van der Waals surface area contributed by atoms with Crippen molar-refractivity contribution in [3.8, 4) is 0 Å². The van der Waals surface area contributed by atoms with E-state index in [1.165, 1.54) is 0 Å². The second-order valence-corrected chi connectivity index (χ2v) is 5.32. The summed E-state index contributed by atoms with van der Waals surface area (Å²) < 4.78 is 1.98. The highest BCUT2D eigenvalue weighted by Crippen LogP contribution is 2.11. The highest BCUT2D eigenvalue weighted by molar-refractivity contribution is 7.09. The highest BCUT2D eigenvalue weighted by Gasteiger charge is 2.13. The minimum absolute atomic E-state index is 0.338. The fourth-order valence-electron chi connectivity index (χ4n) is 1.68. The predicted molar refractivity (Wildman–Crippen MR) is 70.1 cm³/mol. The SMILES string of the molecule is Cc1nc(CN[C@H](C)[C@@H](C)n2cccn2)cs1. The minimum Gasteiger partial charge on any atom is -0.306 e. The van der Waals surface area contributed by atoms with Gasteiger partial charge in [0.15, 0.2) is 0 Å². The summed E-state index contributed by atoms with van der Waals surface area (Å²) in [6, 6.07) is 2.65. The zero-order chi connectivity index (χ0) is 12.3. The number of hydrogen-bond acceptors (Lipinski definition) is 4. The van der Waals surface area contributed by atoms with E-state index < -0.39 is 0 Å². The van der Waals surface area contributed by atoms with Gasteiger partial charge >= 0.3 is 0 Å². The number of aryl methyl sites for hydroxylation is 1. The molecule has 2 rings (SSSR count). The van der Waals surface area contributed by atoms with Crippen LogP contribution in [-0.2, 0) is 6.54 Å². The molecule has 5 heteroatoms. The molecule has 2 atom stereocenters. The lowest BCUT2D eigenvalue weighted by Crippen LogP contribution is -2.33. The van der Waals surface area contributed by atoms with Crippen LogP contribution in [0.15, 0.2) is 23.8 Å². The first-order chi connectivity index (χ1) is 8.16. The fourth-order valence-corrected chi connectivity index (χ4v) is 2.29. The van der Waals surface area contributed by atoms with Gasteiger partial charge in [-0.25, -0.2) is 4.98 Å². The zero-order valence-corrected chi connectivity index (χ0v) is 11.2. The molecule has 0 bridgehead atoms. The smallest absolute Gasteiger partial charge is 0.0897 e. The average molecular weight is 250 g/mol. The Kier molecular flexibility index (Phi) is 3.91. The maximum absolute atomic E-state index is 4.44. The summed E-state index contributed by atoms with van der Waals surface area (Å²) in [5, 5.41) is 11.0. The molecule has 17 heavy (non-hydrogen) atoms. The molecule has 0 aromatic carbocycles. The quantitative estimate of drug-likeness (QED) is 0.886. The normalized spacial score (nSPS) is 14.8. The Morgan fingerprint density at radius 2 is 2.29 bits per heavy atom. The summed E-state index contributed by atoms with van der Waals surface area (Å²) in [6.07, 6.45) is 3.81. The Labute approximate surface area is 106 Å². The molecule has 0 aliphatic heterocycles. The van der Waals surface area contributed by atoms with Gasteiger partial charge in [0, 0.05) is 30.4 Å². The molecule has 0 unspecified atom stereocenters. The molecule has 0 aliphatic rings. The number of hydrogen-bond donors (Lipinski definition) is 1. The van der Waals surface area contributed by atoms with Gasteiger partial charge in [0.1, 0.15) is 0 Å². The molecule has 0 spiro atoms. The molecule has 2 heterocycles. The van der Waals surface area contributed by atoms with Crippen molar-refractivity contribution in [3.05, 3.63) is 34.5 Å². The van der Waals surface area contributed by atoms with Crippen molar-refractivity contribution in [2.24, 2.45) is 0 Å². The van der Waals surface area contributed by atoms with Gasteiger partial charge in [-0.15, -0.1) is 11.3 Å². The molecule has 0 radical (unpaired) electrons. The summed E-state index contributed by atoms with van der Waals surface area (Å²) in [5.74, 6) is 0. The van der Waals surface area contributed by atoms with Gasteiger partial charge in [-0.2, -0.15) is 5.10 Å². The predicted octanol–water partition coefficient (Wildman–Crippen LogP) is 2.39. The van der Waals surface area contributed by atoms with Crippen molar-refractivity contribution in [2.45, 2.75) is 39.4 Å². The van der Waals surface area contributed by atoms with E-state index in [9.17, 15) is 0 Å². The average Bonchev–Trinajstić information content (AvgIpc) is 2.95. The molecule has 0 saturated heterocycles. The van der Waals surface area contributed by atoms with Crippen LogP contribution in [0.4, 0.5) is 0 Å². The number of nitrogens with one attached hydrogen (secondary N) is 1. The summed E-state index contributed by atoms with van der Waals surface area (Å²) in [7, 11) is 0. The molecule has 1 N–H and O–H groups in total. The molecule has 0 saturated carbocycles. The number of nitrogens with zero attached hydrogens (tertiary/aromatic N) is 3. The summed E-state index contributed by atoms with van der Waals surface area (Å²) in [5.41, 5.74) is 1.12. The maximum atomic E-state index is 4.44. The van der Waals surface area contributed by atoms with Crippen LogP contribution < -0.4 is 5.32 Å². The Morgan fingerprint density at radius 3 is 2.88 bits per heavy atom. The van der Waals surface area contributed by atoms with E-state index in [2.05, 4.69) is 34.6 Å². The number of rotatable bonds is 5. The second-order valence-electron chi connectivity index (χ2n) is 4.25. The second kappa shape index (κ2) is 5.42. The van der Waals surface area contributed by atoms with E-state index in [0.717, 1.165) is 17.2 Å². The molecular formula is C12H18N4S. The van der Waals surface area contributed by atoms with Gasteiger partial charge in [0.05, 0.1) is 16.7 Å². The molecule has 0 fully saturated rings. The Balaban J connectivity index is 1.87. The van der Waals surface area contributed by atoms with E-state index in [4.69, 9.17) is 0 Å². The van der Waals surface area contributed by atoms with E-state index in [1.807, 2.05) is 30.1 Å². The third-order valence-electron chi connectivity index (χ3n) is 2.94. The van der Waals surface area contributed by atoms with E-state index >= 15 is 0 Å². The first-order valence-electron chi connectivity index (χ1n) is 5.80. The van der Waals surface area contributed by atoms with E-state index in [0.29, 0.717) is 12.1 Å². The van der Waals surface area contributed by atoms with Crippen molar-refractivity contribution < 1.29 is 0 Å². The van der Waals surface area contributed by atoms with Gasteiger partial charge in [0.2, 0.25) is 0 Å². The first kappa shape index (κ1) is 12.3. The maximum Gasteiger partial charge on any atom is 0.0897 e. The lowest BCUT2D eigenvalue weighted by Gasteiger charge is -2.21. The topological polar surface area (TPSA) is 42.7 Å². The largest absolute Gasteiger partial charge is 0.306 e. The van der Waals surface area contributed by atoms with E-state index in [-0.39, 0.29) is 0 Å². The Bertz CT molecular complexity index is 449. The van der Waals surface area contributed by atoms with Crippen LogP contribution >= 0.6 is 11.3 Å². The Morgan fingerprint density at radius 1 is 1.47 bits per heavy atom. The van der Waals surface area contributed by atoms with Crippen LogP contribution in [0.1, 0.15) is 30.6 Å². The van der Waals surface area contributed by atoms with Gasteiger partial charge in [0.25, 0.3) is 0 Å². The highest BCUT2D eigenvalue weighted by atomic mass is 32.1. The van der Waals surface area contributed by atoms with Crippen molar-refractivity contribution in [2.75, 3.05) is 0 Å². The number of aromatic nitrogens is 3. The van der Waals surface area contributed by atoms with Crippen molar-refractivity contribution in [3.63, 3.8) is 0 Å². The molecule has 92 valence electrons. The van der Waals surface area contributed by atoms with E-state index in [1.54, 1.807) is 11.3 Å². The number of thiazole rings is 1. The molecule has 0 aliphatic carbocycles. The fraction of sp³-hybridized carbons (Fsp3) is 0.500. The van der Waals surface area contributed by atoms with Gasteiger partial charge in [-0.3, -0.25) is 4.68 Å². The zero-order valence-electron chi connectivity index (χ0n) is 10.4. The third-order valence-corrected chi connectivity index (χ3v) is 3.76. The molecular weight excluding hydrogens is 232 g/mol. The van der Waals surface area contributed by atoms with Crippen molar-refractivity contribution >= 4 is 11.3 Å². The Hall–Kier alpha value is -1.20. The third kappa shape index (κ3) is 3.14. The van der Waals surface area contributed by atoms with Gasteiger partial charge < -0.3 is 5.32 Å². The van der Waals surface area contributed by atoms with Crippen LogP contribution in [-0.4, -0.2) is 20.8 Å². The van der Waals surface area contributed by atoms with Crippen molar-refractivity contribution in [1.82, 2.24) is 20.1 Å². The lowest BCUT2D eigenvalue weighted by atomic mass is 10.2. The van der Waals surface area contributed by atoms with Crippen LogP contribution in [0.25, 0.3) is 0 Å². The molecule has 2 aromatic rings. The van der Waals surface area contributed by atoms with Gasteiger partial charge in [-0.05, 0) is 26.8 Å². The molecule has 4 nitrogen and oxygen atoms in total. The monoisotopic (exact) mass is 250 g/mol. The lowest BCUT2D eigenvalue weighted by molar-refractivity contribution is 0.364. The van der Waals surface area contributed by atoms with Crippen LogP contribution in [0.2, 0.25) is 0 Å². The molecule has 2 aromatic heterocycles. The van der Waals surface area contributed by atoms with Crippen LogP contribution in [0.5, 0.6) is 0 Å².